The van der Waals surface area contributed by atoms with E-state index in [1.807, 2.05) is 0 Å². The van der Waals surface area contributed by atoms with Gasteiger partial charge in [-0.05, 0) is 6.92 Å². The Balaban J connectivity index is 0. The number of aliphatic carboxylic acids is 1. The Morgan fingerprint density at radius 2 is 0.913 bits per heavy atom. The van der Waals surface area contributed by atoms with Crippen molar-refractivity contribution in [1.82, 2.24) is 0 Å². The predicted octanol–water partition coefficient (Wildman–Crippen LogP) is 5.55. The summed E-state index contributed by atoms with van der Waals surface area (Å²) in [4.78, 5) is 8.89. The summed E-state index contributed by atoms with van der Waals surface area (Å²) in [5, 5.41) is 8.89. The molecule has 0 N–H and O–H groups in total. The van der Waals surface area contributed by atoms with Gasteiger partial charge in [0.25, 0.3) is 0 Å². The van der Waals surface area contributed by atoms with Gasteiger partial charge in [-0.1, -0.05) is 0 Å². The predicted molar refractivity (Wildman–Crippen MR) is 103 cm³/mol. The van der Waals surface area contributed by atoms with Crippen LogP contribution in [0.3, 0.4) is 0 Å². The fourth-order valence-corrected chi connectivity index (χ4v) is 17.4. The summed E-state index contributed by atoms with van der Waals surface area (Å²) in [5.74, 6) is -1.08. The Kier molecular flexibility index (Phi) is 12.2. The van der Waals surface area contributed by atoms with E-state index in [9.17, 15) is 0 Å². The molecule has 0 aliphatic rings. The van der Waals surface area contributed by atoms with E-state index in [-0.39, 0.29) is 0 Å². The third-order valence-electron chi connectivity index (χ3n) is 5.06. The number of carbonyl (C=O) groups is 1. The summed E-state index contributed by atoms with van der Waals surface area (Å²) in [6.07, 6.45) is 4.03. The van der Waals surface area contributed by atoms with E-state index in [2.05, 4.69) is 62.3 Å². The van der Waals surface area contributed by atoms with Gasteiger partial charge < -0.3 is 9.90 Å². The molecule has 0 spiro atoms. The second kappa shape index (κ2) is 11.0. The number of carbonyl (C=O) groups excluding carboxylic acids is 1. The summed E-state index contributed by atoms with van der Waals surface area (Å²) in [7, 11) is 0. The first-order chi connectivity index (χ1) is 10.2. The zero-order valence-corrected chi connectivity index (χ0v) is 20.4. The summed E-state index contributed by atoms with van der Waals surface area (Å²) in [6.45, 7) is 23.0. The molecule has 23 heavy (non-hydrogen) atoms. The molecule has 0 atom stereocenters. The molecule has 0 bridgehead atoms. The molecule has 0 aliphatic carbocycles. The Labute approximate surface area is 153 Å². The molecule has 0 aromatic rings. The van der Waals surface area contributed by atoms with Crippen LogP contribution in [0, 0.1) is 16.2 Å². The van der Waals surface area contributed by atoms with Crippen molar-refractivity contribution in [2.75, 3.05) is 0 Å². The normalized spacial score (nSPS) is 12.4. The quantitative estimate of drug-likeness (QED) is 0.448. The zero-order chi connectivity index (χ0) is 18.9. The maximum absolute atomic E-state index is 8.89. The van der Waals surface area contributed by atoms with Gasteiger partial charge in [0.05, 0.1) is 0 Å². The molecule has 0 rings (SSSR count). The van der Waals surface area contributed by atoms with E-state index in [0.717, 1.165) is 6.92 Å². The molecule has 0 heterocycles. The van der Waals surface area contributed by atoms with Crippen LogP contribution < -0.4 is 5.11 Å². The molecule has 138 valence electrons. The molecule has 0 aromatic heterocycles. The van der Waals surface area contributed by atoms with Crippen molar-refractivity contribution >= 4 is 25.7 Å². The molecule has 0 amide bonds. The van der Waals surface area contributed by atoms with Gasteiger partial charge in [0.2, 0.25) is 0 Å². The third-order valence-corrected chi connectivity index (χ3v) is 17.5. The SMILES string of the molecule is CC(=O)[O-].CCC(C)(C)[CH2][Sn+]([CH2]C(C)(C)CC)[CH2]C(C)(C)CC. The van der Waals surface area contributed by atoms with Crippen molar-refractivity contribution < 1.29 is 9.90 Å². The standard InChI is InChI=1S/3C6H13.C2H4O2.Sn/c3*1-5-6(2,3)4;1-2(3)4;/h3*2,5H2,1,3-4H3;1H3,(H,3,4);/q;;;;+1/p-1. The van der Waals surface area contributed by atoms with E-state index in [4.69, 9.17) is 9.90 Å². The Morgan fingerprint density at radius 1 is 0.739 bits per heavy atom. The van der Waals surface area contributed by atoms with Gasteiger partial charge in [0.1, 0.15) is 0 Å². The van der Waals surface area contributed by atoms with E-state index >= 15 is 0 Å². The van der Waals surface area contributed by atoms with Crippen LogP contribution in [0.15, 0.2) is 0 Å². The van der Waals surface area contributed by atoms with Gasteiger partial charge in [-0.15, -0.1) is 0 Å². The Morgan fingerprint density at radius 3 is 1.04 bits per heavy atom. The molecule has 0 radical (unpaired) electrons. The maximum atomic E-state index is 8.89. The summed E-state index contributed by atoms with van der Waals surface area (Å²) >= 11 is -1.30. The van der Waals surface area contributed by atoms with Crippen LogP contribution in [-0.2, 0) is 4.79 Å². The van der Waals surface area contributed by atoms with Crippen LogP contribution in [0.25, 0.3) is 0 Å². The fraction of sp³-hybridized carbons (Fsp3) is 0.950. The van der Waals surface area contributed by atoms with Crippen LogP contribution in [0.5, 0.6) is 0 Å². The van der Waals surface area contributed by atoms with E-state index in [0.29, 0.717) is 16.2 Å². The van der Waals surface area contributed by atoms with Gasteiger partial charge >= 0.3 is 131 Å². The Hall–Kier alpha value is 0.269. The van der Waals surface area contributed by atoms with Gasteiger partial charge in [-0.25, -0.2) is 0 Å². The first-order valence-electron chi connectivity index (χ1n) is 9.21. The molecule has 0 saturated heterocycles. The molecular weight excluding hydrogens is 391 g/mol. The van der Waals surface area contributed by atoms with Crippen LogP contribution in [0.4, 0.5) is 0 Å². The first kappa shape index (κ1) is 25.5. The van der Waals surface area contributed by atoms with Crippen molar-refractivity contribution in [3.63, 3.8) is 0 Å². The van der Waals surface area contributed by atoms with Crippen molar-refractivity contribution in [2.24, 2.45) is 16.2 Å². The minimum absolute atomic E-state index is 0.586. The molecule has 0 saturated carbocycles. The molecule has 0 unspecified atom stereocenters. The van der Waals surface area contributed by atoms with Gasteiger partial charge in [-0.3, -0.25) is 0 Å². The number of carboxylic acids is 1. The average Bonchev–Trinajstić information content (AvgIpc) is 2.36. The molecule has 2 nitrogen and oxygen atoms in total. The fourth-order valence-electron chi connectivity index (χ4n) is 2.59. The summed E-state index contributed by atoms with van der Waals surface area (Å²) in [5.41, 5.74) is 1.76. The van der Waals surface area contributed by atoms with Crippen LogP contribution in [0.1, 0.15) is 88.5 Å². The van der Waals surface area contributed by atoms with Crippen LogP contribution in [-0.4, -0.2) is 25.7 Å². The summed E-state index contributed by atoms with van der Waals surface area (Å²) in [6, 6.07) is 0. The molecular formula is C20H42O2Sn. The second-order valence-electron chi connectivity index (χ2n) is 9.33. The van der Waals surface area contributed by atoms with Gasteiger partial charge in [0, 0.05) is 5.97 Å². The number of hydrogen-bond acceptors (Lipinski definition) is 2. The van der Waals surface area contributed by atoms with E-state index in [1.165, 1.54) is 19.3 Å². The van der Waals surface area contributed by atoms with Crippen LogP contribution >= 0.6 is 0 Å². The van der Waals surface area contributed by atoms with E-state index < -0.39 is 25.7 Å². The van der Waals surface area contributed by atoms with Crippen molar-refractivity contribution in [1.29, 1.82) is 0 Å². The monoisotopic (exact) mass is 434 g/mol. The summed E-state index contributed by atoms with van der Waals surface area (Å²) < 4.78 is 4.75. The van der Waals surface area contributed by atoms with Crippen LogP contribution in [0.2, 0.25) is 13.3 Å². The molecule has 0 aromatic carbocycles. The number of hydrogen-bond donors (Lipinski definition) is 0. The zero-order valence-electron chi connectivity index (χ0n) is 17.6. The second-order valence-corrected chi connectivity index (χ2v) is 16.6. The van der Waals surface area contributed by atoms with E-state index in [1.54, 1.807) is 13.3 Å². The third kappa shape index (κ3) is 15.5. The average molecular weight is 433 g/mol. The number of carboxylic acid groups (broad SMARTS) is 1. The molecule has 0 aliphatic heterocycles. The van der Waals surface area contributed by atoms with Gasteiger partial charge in [0.15, 0.2) is 0 Å². The van der Waals surface area contributed by atoms with Crippen molar-refractivity contribution in [3.8, 4) is 0 Å². The number of rotatable bonds is 9. The van der Waals surface area contributed by atoms with Crippen molar-refractivity contribution in [3.05, 3.63) is 0 Å². The molecule has 0 fully saturated rings. The first-order valence-corrected chi connectivity index (χ1v) is 15.3. The minimum atomic E-state index is -1.30. The topological polar surface area (TPSA) is 40.1 Å². The Bertz CT molecular complexity index is 286. The molecule has 3 heteroatoms. The van der Waals surface area contributed by atoms with Crippen molar-refractivity contribution in [2.45, 2.75) is 102 Å². The van der Waals surface area contributed by atoms with Gasteiger partial charge in [-0.2, -0.15) is 0 Å².